The third kappa shape index (κ3) is 7.36. The predicted octanol–water partition coefficient (Wildman–Crippen LogP) is 7.97. The van der Waals surface area contributed by atoms with Crippen LogP contribution in [0.25, 0.3) is 0 Å². The number of hydrogen-bond acceptors (Lipinski definition) is 5. The fourth-order valence-corrected chi connectivity index (χ4v) is 4.28. The summed E-state index contributed by atoms with van der Waals surface area (Å²) < 4.78 is 12.0. The number of halogens is 4. The number of rotatable bonds is 8. The summed E-state index contributed by atoms with van der Waals surface area (Å²) in [5, 5.41) is 5.35. The molecule has 4 aromatic rings. The van der Waals surface area contributed by atoms with E-state index in [1.165, 1.54) is 6.21 Å². The molecule has 1 N–H and O–H groups in total. The Morgan fingerprint density at radius 1 is 0.895 bits per heavy atom. The first-order valence-corrected chi connectivity index (χ1v) is 13.0. The van der Waals surface area contributed by atoms with Crippen LogP contribution in [0.4, 0.5) is 0 Å². The van der Waals surface area contributed by atoms with E-state index in [-0.39, 0.29) is 22.9 Å². The molecule has 4 aromatic carbocycles. The quantitative estimate of drug-likeness (QED) is 0.0925. The molecule has 0 saturated heterocycles. The van der Waals surface area contributed by atoms with Gasteiger partial charge < -0.3 is 9.47 Å². The molecule has 0 aliphatic carbocycles. The SMILES string of the molecule is O=C(N/N=C\c1cc(Br)ccc1OC(=O)c1ccccc1Cl)c1ccc(OCc2ccc(Cl)cc2Cl)cc1. The van der Waals surface area contributed by atoms with Crippen LogP contribution in [-0.2, 0) is 6.61 Å². The van der Waals surface area contributed by atoms with Crippen molar-refractivity contribution in [2.45, 2.75) is 6.61 Å². The molecule has 0 aromatic heterocycles. The second-order valence-electron chi connectivity index (χ2n) is 7.80. The van der Waals surface area contributed by atoms with Crippen molar-refractivity contribution in [3.63, 3.8) is 0 Å². The van der Waals surface area contributed by atoms with Gasteiger partial charge in [0.1, 0.15) is 18.1 Å². The summed E-state index contributed by atoms with van der Waals surface area (Å²) in [6.07, 6.45) is 1.38. The molecule has 0 fully saturated rings. The normalized spacial score (nSPS) is 10.8. The molecule has 0 heterocycles. The standard InChI is InChI=1S/C28H18BrCl3N2O4/c29-20-8-12-26(38-28(36)23-3-1-2-4-24(23)31)19(13-20)15-33-34-27(35)17-6-10-22(11-7-17)37-16-18-5-9-21(30)14-25(18)32/h1-15H,16H2,(H,34,35)/b33-15-. The minimum Gasteiger partial charge on any atom is -0.489 e. The summed E-state index contributed by atoms with van der Waals surface area (Å²) >= 11 is 21.6. The maximum absolute atomic E-state index is 12.6. The molecule has 0 atom stereocenters. The highest BCUT2D eigenvalue weighted by molar-refractivity contribution is 9.10. The molecule has 0 spiro atoms. The van der Waals surface area contributed by atoms with E-state index in [9.17, 15) is 9.59 Å². The smallest absolute Gasteiger partial charge is 0.345 e. The van der Waals surface area contributed by atoms with Gasteiger partial charge in [-0.05, 0) is 66.7 Å². The molecular formula is C28H18BrCl3N2O4. The molecule has 192 valence electrons. The number of amides is 1. The van der Waals surface area contributed by atoms with Crippen LogP contribution >= 0.6 is 50.7 Å². The van der Waals surface area contributed by atoms with Gasteiger partial charge in [-0.1, -0.05) is 68.9 Å². The Hall–Kier alpha value is -3.36. The van der Waals surface area contributed by atoms with Gasteiger partial charge in [-0.25, -0.2) is 10.2 Å². The van der Waals surface area contributed by atoms with Crippen LogP contribution in [0, 0.1) is 0 Å². The third-order valence-corrected chi connectivity index (χ3v) is 6.57. The van der Waals surface area contributed by atoms with Gasteiger partial charge in [0, 0.05) is 31.2 Å². The van der Waals surface area contributed by atoms with E-state index in [4.69, 9.17) is 44.3 Å². The van der Waals surface area contributed by atoms with Crippen molar-refractivity contribution in [2.75, 3.05) is 0 Å². The fraction of sp³-hybridized carbons (Fsp3) is 0.0357. The Kier molecular flexibility index (Phi) is 9.42. The predicted molar refractivity (Wildman–Crippen MR) is 153 cm³/mol. The number of hydrogen-bond donors (Lipinski definition) is 1. The zero-order valence-corrected chi connectivity index (χ0v) is 23.3. The van der Waals surface area contributed by atoms with Crippen molar-refractivity contribution in [3.8, 4) is 11.5 Å². The molecule has 1 amide bonds. The summed E-state index contributed by atoms with van der Waals surface area (Å²) in [5.74, 6) is -0.232. The highest BCUT2D eigenvalue weighted by Crippen LogP contribution is 2.25. The van der Waals surface area contributed by atoms with Crippen LogP contribution in [0.3, 0.4) is 0 Å². The van der Waals surface area contributed by atoms with Crippen molar-refractivity contribution in [3.05, 3.63) is 127 Å². The van der Waals surface area contributed by atoms with E-state index in [0.717, 1.165) is 10.0 Å². The molecule has 0 radical (unpaired) electrons. The summed E-state index contributed by atoms with van der Waals surface area (Å²) in [6, 6.07) is 23.3. The zero-order chi connectivity index (χ0) is 27.1. The van der Waals surface area contributed by atoms with Crippen LogP contribution in [0.15, 0.2) is 94.5 Å². The van der Waals surface area contributed by atoms with E-state index in [1.807, 2.05) is 0 Å². The molecular weight excluding hydrogens is 615 g/mol. The van der Waals surface area contributed by atoms with Gasteiger partial charge in [0.2, 0.25) is 0 Å². The van der Waals surface area contributed by atoms with Crippen LogP contribution in [0.2, 0.25) is 15.1 Å². The molecule has 0 aliphatic heterocycles. The minimum atomic E-state index is -0.614. The zero-order valence-electron chi connectivity index (χ0n) is 19.5. The Bertz CT molecular complexity index is 1510. The Morgan fingerprint density at radius 2 is 1.66 bits per heavy atom. The number of nitrogens with zero attached hydrogens (tertiary/aromatic N) is 1. The van der Waals surface area contributed by atoms with Gasteiger partial charge in [-0.3, -0.25) is 4.79 Å². The number of hydrazone groups is 1. The largest absolute Gasteiger partial charge is 0.489 e. The van der Waals surface area contributed by atoms with Gasteiger partial charge >= 0.3 is 5.97 Å². The van der Waals surface area contributed by atoms with Crippen LogP contribution < -0.4 is 14.9 Å². The number of benzene rings is 4. The average Bonchev–Trinajstić information content (AvgIpc) is 2.90. The maximum atomic E-state index is 12.6. The van der Waals surface area contributed by atoms with E-state index in [0.29, 0.717) is 26.9 Å². The van der Waals surface area contributed by atoms with Gasteiger partial charge in [0.05, 0.1) is 16.8 Å². The van der Waals surface area contributed by atoms with Crippen molar-refractivity contribution in [1.82, 2.24) is 5.43 Å². The summed E-state index contributed by atoms with van der Waals surface area (Å²) in [5.41, 5.74) is 4.32. The lowest BCUT2D eigenvalue weighted by atomic mass is 10.2. The van der Waals surface area contributed by atoms with E-state index < -0.39 is 11.9 Å². The molecule has 6 nitrogen and oxygen atoms in total. The lowest BCUT2D eigenvalue weighted by molar-refractivity contribution is 0.0734. The molecule has 10 heteroatoms. The van der Waals surface area contributed by atoms with Gasteiger partial charge in [0.25, 0.3) is 5.91 Å². The molecule has 4 rings (SSSR count). The lowest BCUT2D eigenvalue weighted by Crippen LogP contribution is -2.17. The van der Waals surface area contributed by atoms with Crippen molar-refractivity contribution < 1.29 is 19.1 Å². The third-order valence-electron chi connectivity index (χ3n) is 5.16. The molecule has 0 bridgehead atoms. The van der Waals surface area contributed by atoms with Crippen molar-refractivity contribution in [2.24, 2.45) is 5.10 Å². The second-order valence-corrected chi connectivity index (χ2v) is 9.97. The number of nitrogens with one attached hydrogen (secondary N) is 1. The first kappa shape index (κ1) is 27.7. The molecule has 38 heavy (non-hydrogen) atoms. The highest BCUT2D eigenvalue weighted by Gasteiger charge is 2.14. The molecule has 0 unspecified atom stereocenters. The molecule has 0 aliphatic rings. The first-order chi connectivity index (χ1) is 18.3. The summed E-state index contributed by atoms with van der Waals surface area (Å²) in [7, 11) is 0. The average molecular weight is 633 g/mol. The van der Waals surface area contributed by atoms with Crippen molar-refractivity contribution >= 4 is 68.8 Å². The Labute approximate surface area is 242 Å². The summed E-state index contributed by atoms with van der Waals surface area (Å²) in [4.78, 5) is 25.1. The fourth-order valence-electron chi connectivity index (χ4n) is 3.22. The van der Waals surface area contributed by atoms with Crippen LogP contribution in [-0.4, -0.2) is 18.1 Å². The number of carbonyl (C=O) groups excluding carboxylic acids is 2. The first-order valence-electron chi connectivity index (χ1n) is 11.1. The minimum absolute atomic E-state index is 0.233. The monoisotopic (exact) mass is 630 g/mol. The summed E-state index contributed by atoms with van der Waals surface area (Å²) in [6.45, 7) is 0.252. The number of esters is 1. The van der Waals surface area contributed by atoms with E-state index >= 15 is 0 Å². The number of ether oxygens (including phenoxy) is 2. The van der Waals surface area contributed by atoms with Gasteiger partial charge in [-0.2, -0.15) is 5.10 Å². The van der Waals surface area contributed by atoms with Gasteiger partial charge in [0.15, 0.2) is 0 Å². The topological polar surface area (TPSA) is 77.0 Å². The molecule has 0 saturated carbocycles. The van der Waals surface area contributed by atoms with Crippen LogP contribution in [0.5, 0.6) is 11.5 Å². The highest BCUT2D eigenvalue weighted by atomic mass is 79.9. The van der Waals surface area contributed by atoms with Crippen molar-refractivity contribution in [1.29, 1.82) is 0 Å². The van der Waals surface area contributed by atoms with Crippen LogP contribution in [0.1, 0.15) is 31.8 Å². The maximum Gasteiger partial charge on any atom is 0.345 e. The number of carbonyl (C=O) groups is 2. The van der Waals surface area contributed by atoms with Gasteiger partial charge in [-0.15, -0.1) is 0 Å². The lowest BCUT2D eigenvalue weighted by Gasteiger charge is -2.09. The Morgan fingerprint density at radius 3 is 2.39 bits per heavy atom. The van der Waals surface area contributed by atoms with E-state index in [2.05, 4.69) is 26.5 Å². The second kappa shape index (κ2) is 12.9. The van der Waals surface area contributed by atoms with E-state index in [1.54, 1.807) is 84.9 Å². The Balaban J connectivity index is 1.37.